The van der Waals surface area contributed by atoms with Gasteiger partial charge < -0.3 is 35.0 Å². The molecule has 2 rings (SSSR count). The standard InChI is InChI=1S/C12H14O8/c13-5-1-3-6(4-2-5)19-12-9(16)7(14)8(15)10(20-12)11(17)18/h1-4,7-10,12-16H,(H,17,18)/t7-,8-,9+,10-,12-/m1/s1. The molecule has 0 spiro atoms. The number of benzene rings is 1. The molecule has 5 N–H and O–H groups in total. The van der Waals surface area contributed by atoms with E-state index in [4.69, 9.17) is 19.7 Å². The molecule has 110 valence electrons. The Balaban J connectivity index is 2.13. The number of aliphatic carboxylic acids is 1. The number of aliphatic hydroxyl groups is 3. The number of aliphatic hydroxyl groups excluding tert-OH is 3. The summed E-state index contributed by atoms with van der Waals surface area (Å²) in [5.74, 6) is -1.29. The fraction of sp³-hybridized carbons (Fsp3) is 0.417. The van der Waals surface area contributed by atoms with Crippen LogP contribution in [0.2, 0.25) is 0 Å². The van der Waals surface area contributed by atoms with Crippen molar-refractivity contribution in [3.8, 4) is 11.5 Å². The summed E-state index contributed by atoms with van der Waals surface area (Å²) in [5.41, 5.74) is 0. The van der Waals surface area contributed by atoms with Gasteiger partial charge in [0.25, 0.3) is 0 Å². The third-order valence-electron chi connectivity index (χ3n) is 2.90. The summed E-state index contributed by atoms with van der Waals surface area (Å²) in [6.07, 6.45) is -8.27. The van der Waals surface area contributed by atoms with Crippen LogP contribution in [0.4, 0.5) is 0 Å². The number of hydrogen-bond acceptors (Lipinski definition) is 7. The maximum Gasteiger partial charge on any atom is 0.335 e. The molecule has 0 radical (unpaired) electrons. The quantitative estimate of drug-likeness (QED) is 0.460. The third kappa shape index (κ3) is 2.83. The second-order valence-corrected chi connectivity index (χ2v) is 4.35. The Labute approximate surface area is 113 Å². The van der Waals surface area contributed by atoms with E-state index in [-0.39, 0.29) is 11.5 Å². The number of aromatic hydroxyl groups is 1. The lowest BCUT2D eigenvalue weighted by atomic mass is 9.99. The van der Waals surface area contributed by atoms with Gasteiger partial charge in [0.15, 0.2) is 6.10 Å². The van der Waals surface area contributed by atoms with E-state index >= 15 is 0 Å². The largest absolute Gasteiger partial charge is 0.508 e. The SMILES string of the molecule is O=C(O)[C@@H]1O[C@@H](Oc2ccc(O)cc2)[C@@H](O)[C@H](O)[C@H]1O. The Kier molecular flexibility index (Phi) is 4.09. The Hall–Kier alpha value is -1.87. The molecule has 1 heterocycles. The van der Waals surface area contributed by atoms with Crippen LogP contribution in [0.3, 0.4) is 0 Å². The molecule has 8 heteroatoms. The van der Waals surface area contributed by atoms with Crippen LogP contribution in [-0.2, 0) is 9.53 Å². The molecule has 1 aromatic carbocycles. The van der Waals surface area contributed by atoms with Gasteiger partial charge in [0.1, 0.15) is 29.8 Å². The van der Waals surface area contributed by atoms with Gasteiger partial charge in [-0.1, -0.05) is 0 Å². The highest BCUT2D eigenvalue weighted by Crippen LogP contribution is 2.25. The van der Waals surface area contributed by atoms with Crippen molar-refractivity contribution in [1.29, 1.82) is 0 Å². The van der Waals surface area contributed by atoms with Crippen molar-refractivity contribution in [2.75, 3.05) is 0 Å². The molecular formula is C12H14O8. The molecule has 1 aromatic rings. The fourth-order valence-corrected chi connectivity index (χ4v) is 1.81. The zero-order valence-electron chi connectivity index (χ0n) is 10.2. The first kappa shape index (κ1) is 14.5. The lowest BCUT2D eigenvalue weighted by molar-refractivity contribution is -0.271. The van der Waals surface area contributed by atoms with Crippen molar-refractivity contribution in [2.24, 2.45) is 0 Å². The van der Waals surface area contributed by atoms with Crippen LogP contribution in [0.1, 0.15) is 0 Å². The van der Waals surface area contributed by atoms with Crippen LogP contribution in [-0.4, -0.2) is 62.2 Å². The number of carbonyl (C=O) groups is 1. The monoisotopic (exact) mass is 286 g/mol. The number of phenolic OH excluding ortho intramolecular Hbond substituents is 1. The number of carboxylic acids is 1. The van der Waals surface area contributed by atoms with Gasteiger partial charge in [-0.2, -0.15) is 0 Å². The van der Waals surface area contributed by atoms with E-state index in [1.54, 1.807) is 0 Å². The van der Waals surface area contributed by atoms with E-state index in [0.29, 0.717) is 0 Å². The average molecular weight is 286 g/mol. The minimum absolute atomic E-state index is 0.00123. The normalized spacial score (nSPS) is 33.6. The van der Waals surface area contributed by atoms with Gasteiger partial charge >= 0.3 is 5.97 Å². The van der Waals surface area contributed by atoms with E-state index in [9.17, 15) is 20.1 Å². The van der Waals surface area contributed by atoms with Gasteiger partial charge in [-0.25, -0.2) is 4.79 Å². The van der Waals surface area contributed by atoms with Crippen LogP contribution >= 0.6 is 0 Å². The van der Waals surface area contributed by atoms with Gasteiger partial charge in [0, 0.05) is 0 Å². The molecule has 8 nitrogen and oxygen atoms in total. The summed E-state index contributed by atoms with van der Waals surface area (Å²) in [5, 5.41) is 46.8. The smallest absolute Gasteiger partial charge is 0.335 e. The molecule has 1 aliphatic heterocycles. The number of ether oxygens (including phenoxy) is 2. The zero-order chi connectivity index (χ0) is 14.9. The fourth-order valence-electron chi connectivity index (χ4n) is 1.81. The van der Waals surface area contributed by atoms with E-state index in [1.165, 1.54) is 24.3 Å². The molecule has 0 amide bonds. The predicted molar refractivity (Wildman–Crippen MR) is 63.1 cm³/mol. The molecule has 0 bridgehead atoms. The molecule has 0 saturated carbocycles. The van der Waals surface area contributed by atoms with Crippen molar-refractivity contribution in [2.45, 2.75) is 30.7 Å². The molecule has 0 aromatic heterocycles. The van der Waals surface area contributed by atoms with Gasteiger partial charge in [-0.3, -0.25) is 0 Å². The summed E-state index contributed by atoms with van der Waals surface area (Å²) in [7, 11) is 0. The van der Waals surface area contributed by atoms with Crippen molar-refractivity contribution >= 4 is 5.97 Å². The predicted octanol–water partition coefficient (Wildman–Crippen LogP) is -1.34. The van der Waals surface area contributed by atoms with Gasteiger partial charge in [0.05, 0.1) is 0 Å². The summed E-state index contributed by atoms with van der Waals surface area (Å²) in [6.45, 7) is 0. The Morgan fingerprint density at radius 1 is 1.05 bits per heavy atom. The van der Waals surface area contributed by atoms with Crippen molar-refractivity contribution in [3.63, 3.8) is 0 Å². The van der Waals surface area contributed by atoms with E-state index in [1.807, 2.05) is 0 Å². The Bertz CT molecular complexity index is 473. The van der Waals surface area contributed by atoms with Crippen LogP contribution in [0.25, 0.3) is 0 Å². The summed E-state index contributed by atoms with van der Waals surface area (Å²) in [4.78, 5) is 10.9. The number of carboxylic acid groups (broad SMARTS) is 1. The lowest BCUT2D eigenvalue weighted by Gasteiger charge is -2.38. The van der Waals surface area contributed by atoms with Gasteiger partial charge in [0.2, 0.25) is 6.29 Å². The first-order chi connectivity index (χ1) is 9.40. The molecule has 20 heavy (non-hydrogen) atoms. The van der Waals surface area contributed by atoms with Crippen LogP contribution in [0.5, 0.6) is 11.5 Å². The zero-order valence-corrected chi connectivity index (χ0v) is 10.2. The van der Waals surface area contributed by atoms with Crippen molar-refractivity contribution in [1.82, 2.24) is 0 Å². The summed E-state index contributed by atoms with van der Waals surface area (Å²) >= 11 is 0. The number of rotatable bonds is 3. The molecule has 1 fully saturated rings. The number of phenols is 1. The maximum absolute atomic E-state index is 10.9. The summed E-state index contributed by atoms with van der Waals surface area (Å²) < 4.78 is 10.1. The average Bonchev–Trinajstić information content (AvgIpc) is 2.41. The van der Waals surface area contributed by atoms with E-state index < -0.39 is 36.7 Å². The molecule has 1 saturated heterocycles. The Morgan fingerprint density at radius 3 is 2.20 bits per heavy atom. The van der Waals surface area contributed by atoms with E-state index in [0.717, 1.165) is 0 Å². The molecular weight excluding hydrogens is 272 g/mol. The second-order valence-electron chi connectivity index (χ2n) is 4.35. The van der Waals surface area contributed by atoms with Gasteiger partial charge in [-0.15, -0.1) is 0 Å². The highest BCUT2D eigenvalue weighted by Gasteiger charge is 2.48. The first-order valence-electron chi connectivity index (χ1n) is 5.78. The van der Waals surface area contributed by atoms with E-state index in [2.05, 4.69) is 0 Å². The van der Waals surface area contributed by atoms with Crippen molar-refractivity contribution < 1.29 is 39.8 Å². The third-order valence-corrected chi connectivity index (χ3v) is 2.90. The van der Waals surface area contributed by atoms with Crippen molar-refractivity contribution in [3.05, 3.63) is 24.3 Å². The van der Waals surface area contributed by atoms with Crippen LogP contribution < -0.4 is 4.74 Å². The highest BCUT2D eigenvalue weighted by atomic mass is 16.7. The number of hydrogen-bond donors (Lipinski definition) is 5. The minimum Gasteiger partial charge on any atom is -0.508 e. The molecule has 5 atom stereocenters. The Morgan fingerprint density at radius 2 is 1.65 bits per heavy atom. The van der Waals surface area contributed by atoms with Gasteiger partial charge in [-0.05, 0) is 24.3 Å². The first-order valence-corrected chi connectivity index (χ1v) is 5.78. The minimum atomic E-state index is -1.76. The molecule has 1 aliphatic rings. The second kappa shape index (κ2) is 5.63. The highest BCUT2D eigenvalue weighted by molar-refractivity contribution is 5.73. The lowest BCUT2D eigenvalue weighted by Crippen LogP contribution is -2.61. The molecule has 0 unspecified atom stereocenters. The maximum atomic E-state index is 10.9. The van der Waals surface area contributed by atoms with Crippen LogP contribution in [0.15, 0.2) is 24.3 Å². The molecule has 0 aliphatic carbocycles. The summed E-state index contributed by atoms with van der Waals surface area (Å²) in [6, 6.07) is 5.40. The topological polar surface area (TPSA) is 137 Å². The van der Waals surface area contributed by atoms with Crippen LogP contribution in [0, 0.1) is 0 Å².